The number of rotatable bonds is 4. The molecule has 6 heteroatoms. The molecule has 0 bridgehead atoms. The van der Waals surface area contributed by atoms with E-state index in [1.54, 1.807) is 4.57 Å². The molecule has 0 radical (unpaired) electrons. The summed E-state index contributed by atoms with van der Waals surface area (Å²) in [6.45, 7) is 4.88. The Morgan fingerprint density at radius 2 is 2.15 bits per heavy atom. The van der Waals surface area contributed by atoms with Crippen molar-refractivity contribution in [2.24, 2.45) is 0 Å². The predicted octanol–water partition coefficient (Wildman–Crippen LogP) is 3.39. The molecule has 1 N–H and O–H groups in total. The number of anilines is 1. The number of benzene rings is 1. The van der Waals surface area contributed by atoms with Crippen molar-refractivity contribution in [3.8, 4) is 0 Å². The second-order valence-corrected chi connectivity index (χ2v) is 5.70. The first-order chi connectivity index (χ1) is 9.49. The monoisotopic (exact) mass is 355 g/mol. The lowest BCUT2D eigenvalue weighted by molar-refractivity contribution is 0.643. The number of aryl methyl sites for hydroxylation is 1. The van der Waals surface area contributed by atoms with Gasteiger partial charge in [-0.3, -0.25) is 4.57 Å². The molecule has 2 rings (SSSR count). The van der Waals surface area contributed by atoms with Gasteiger partial charge >= 0.3 is 5.69 Å². The van der Waals surface area contributed by atoms with Crippen molar-refractivity contribution in [1.82, 2.24) is 9.55 Å². The van der Waals surface area contributed by atoms with Crippen LogP contribution in [0.1, 0.15) is 11.4 Å². The zero-order chi connectivity index (χ0) is 14.7. The Hall–Kier alpha value is -1.33. The van der Waals surface area contributed by atoms with Gasteiger partial charge in [-0.15, -0.1) is 0 Å². The molecule has 0 aliphatic rings. The van der Waals surface area contributed by atoms with Crippen molar-refractivity contribution in [2.45, 2.75) is 20.4 Å². The van der Waals surface area contributed by atoms with E-state index in [2.05, 4.69) is 26.2 Å². The van der Waals surface area contributed by atoms with E-state index in [4.69, 9.17) is 11.6 Å². The van der Waals surface area contributed by atoms with Gasteiger partial charge in [0.15, 0.2) is 0 Å². The fourth-order valence-electron chi connectivity index (χ4n) is 1.95. The van der Waals surface area contributed by atoms with Crippen molar-refractivity contribution in [3.63, 3.8) is 0 Å². The molecule has 0 saturated carbocycles. The van der Waals surface area contributed by atoms with Crippen LogP contribution in [0.2, 0.25) is 5.02 Å². The van der Waals surface area contributed by atoms with Gasteiger partial charge < -0.3 is 5.32 Å². The zero-order valence-corrected chi connectivity index (χ0v) is 13.6. The molecule has 4 nitrogen and oxygen atoms in total. The molecule has 1 aromatic carbocycles. The number of nitrogens with zero attached hydrogens (tertiary/aromatic N) is 2. The molecule has 20 heavy (non-hydrogen) atoms. The Morgan fingerprint density at radius 3 is 2.85 bits per heavy atom. The first-order valence-corrected chi connectivity index (χ1v) is 7.39. The van der Waals surface area contributed by atoms with Crippen molar-refractivity contribution in [1.29, 1.82) is 0 Å². The van der Waals surface area contributed by atoms with Gasteiger partial charge in [-0.05, 0) is 48.0 Å². The number of hydrogen-bond donors (Lipinski definition) is 1. The Kier molecular flexibility index (Phi) is 4.83. The van der Waals surface area contributed by atoms with Gasteiger partial charge in [-0.1, -0.05) is 17.7 Å². The first kappa shape index (κ1) is 15.1. The van der Waals surface area contributed by atoms with Crippen LogP contribution in [0.4, 0.5) is 5.69 Å². The average Bonchev–Trinajstić information content (AvgIpc) is 2.40. The van der Waals surface area contributed by atoms with Crippen LogP contribution < -0.4 is 11.0 Å². The molecule has 1 aromatic heterocycles. The quantitative estimate of drug-likeness (QED) is 0.913. The van der Waals surface area contributed by atoms with Crippen molar-refractivity contribution >= 4 is 33.2 Å². The third kappa shape index (κ3) is 3.41. The normalized spacial score (nSPS) is 10.6. The fourth-order valence-corrected chi connectivity index (χ4v) is 2.44. The van der Waals surface area contributed by atoms with Crippen LogP contribution in [0, 0.1) is 13.8 Å². The lowest BCUT2D eigenvalue weighted by atomic mass is 10.3. The highest BCUT2D eigenvalue weighted by Gasteiger charge is 2.08. The molecule has 0 unspecified atom stereocenters. The van der Waals surface area contributed by atoms with Crippen molar-refractivity contribution in [3.05, 3.63) is 55.6 Å². The van der Waals surface area contributed by atoms with Crippen LogP contribution in [0.25, 0.3) is 0 Å². The van der Waals surface area contributed by atoms with E-state index in [9.17, 15) is 4.79 Å². The SMILES string of the molecule is Cc1nc(=O)n(CCNc2cccc(Cl)c2)c(C)c1Br. The highest BCUT2D eigenvalue weighted by Crippen LogP contribution is 2.17. The summed E-state index contributed by atoms with van der Waals surface area (Å²) < 4.78 is 2.52. The van der Waals surface area contributed by atoms with Crippen molar-refractivity contribution < 1.29 is 0 Å². The maximum absolute atomic E-state index is 11.9. The molecule has 0 aliphatic heterocycles. The molecule has 0 saturated heterocycles. The molecule has 0 fully saturated rings. The number of hydrogen-bond acceptors (Lipinski definition) is 3. The fraction of sp³-hybridized carbons (Fsp3) is 0.286. The average molecular weight is 357 g/mol. The number of halogens is 2. The smallest absolute Gasteiger partial charge is 0.348 e. The molecule has 0 amide bonds. The van der Waals surface area contributed by atoms with Gasteiger partial charge in [0.25, 0.3) is 0 Å². The van der Waals surface area contributed by atoms with E-state index in [0.717, 1.165) is 15.9 Å². The second-order valence-electron chi connectivity index (χ2n) is 4.47. The molecule has 0 aliphatic carbocycles. The largest absolute Gasteiger partial charge is 0.383 e. The van der Waals surface area contributed by atoms with Crippen LogP contribution in [0.5, 0.6) is 0 Å². The summed E-state index contributed by atoms with van der Waals surface area (Å²) in [6.07, 6.45) is 0. The second kappa shape index (κ2) is 6.41. The third-order valence-electron chi connectivity index (χ3n) is 3.02. The minimum absolute atomic E-state index is 0.226. The van der Waals surface area contributed by atoms with Crippen molar-refractivity contribution in [2.75, 3.05) is 11.9 Å². The summed E-state index contributed by atoms with van der Waals surface area (Å²) in [5.41, 5.74) is 2.31. The van der Waals surface area contributed by atoms with Gasteiger partial charge in [0.05, 0.1) is 10.2 Å². The third-order valence-corrected chi connectivity index (χ3v) is 4.41. The highest BCUT2D eigenvalue weighted by atomic mass is 79.9. The Balaban J connectivity index is 2.09. The number of aromatic nitrogens is 2. The summed E-state index contributed by atoms with van der Waals surface area (Å²) in [5, 5.41) is 3.92. The van der Waals surface area contributed by atoms with E-state index < -0.39 is 0 Å². The van der Waals surface area contributed by atoms with E-state index in [0.29, 0.717) is 23.8 Å². The van der Waals surface area contributed by atoms with Crippen LogP contribution in [-0.2, 0) is 6.54 Å². The van der Waals surface area contributed by atoms with E-state index in [1.165, 1.54) is 0 Å². The van der Waals surface area contributed by atoms with Gasteiger partial charge in [-0.2, -0.15) is 4.98 Å². The van der Waals surface area contributed by atoms with E-state index in [-0.39, 0.29) is 5.69 Å². The maximum atomic E-state index is 11.9. The standard InChI is InChI=1S/C14H15BrClN3O/c1-9-13(15)10(2)19(14(20)18-9)7-6-17-12-5-3-4-11(16)8-12/h3-5,8,17H,6-7H2,1-2H3. The molecule has 106 valence electrons. The van der Waals surface area contributed by atoms with Crippen LogP contribution in [-0.4, -0.2) is 16.1 Å². The molecular weight excluding hydrogens is 342 g/mol. The van der Waals surface area contributed by atoms with Gasteiger partial charge in [0.2, 0.25) is 0 Å². The highest BCUT2D eigenvalue weighted by molar-refractivity contribution is 9.10. The Bertz CT molecular complexity index is 685. The minimum atomic E-state index is -0.226. The summed E-state index contributed by atoms with van der Waals surface area (Å²) in [7, 11) is 0. The lowest BCUT2D eigenvalue weighted by Gasteiger charge is -2.13. The van der Waals surface area contributed by atoms with Gasteiger partial charge in [-0.25, -0.2) is 4.79 Å². The summed E-state index contributed by atoms with van der Waals surface area (Å²) >= 11 is 9.37. The Morgan fingerprint density at radius 1 is 1.40 bits per heavy atom. The topological polar surface area (TPSA) is 46.9 Å². The summed E-state index contributed by atoms with van der Waals surface area (Å²) in [6, 6.07) is 7.49. The van der Waals surface area contributed by atoms with E-state index >= 15 is 0 Å². The van der Waals surface area contributed by atoms with Crippen LogP contribution in [0.3, 0.4) is 0 Å². The van der Waals surface area contributed by atoms with Gasteiger partial charge in [0, 0.05) is 29.5 Å². The molecule has 0 spiro atoms. The van der Waals surface area contributed by atoms with E-state index in [1.807, 2.05) is 38.1 Å². The number of nitrogens with one attached hydrogen (secondary N) is 1. The maximum Gasteiger partial charge on any atom is 0.348 e. The zero-order valence-electron chi connectivity index (χ0n) is 11.3. The Labute approximate surface area is 130 Å². The minimum Gasteiger partial charge on any atom is -0.383 e. The summed E-state index contributed by atoms with van der Waals surface area (Å²) in [4.78, 5) is 15.9. The lowest BCUT2D eigenvalue weighted by Crippen LogP contribution is -2.29. The molecular formula is C14H15BrClN3O. The molecule has 1 heterocycles. The molecule has 0 atom stereocenters. The van der Waals surface area contributed by atoms with Crippen LogP contribution >= 0.6 is 27.5 Å². The van der Waals surface area contributed by atoms with Gasteiger partial charge in [0.1, 0.15) is 0 Å². The predicted molar refractivity (Wildman–Crippen MR) is 85.6 cm³/mol. The first-order valence-electron chi connectivity index (χ1n) is 6.22. The summed E-state index contributed by atoms with van der Waals surface area (Å²) in [5.74, 6) is 0. The van der Waals surface area contributed by atoms with Crippen LogP contribution in [0.15, 0.2) is 33.5 Å². The molecule has 2 aromatic rings.